The van der Waals surface area contributed by atoms with E-state index in [1.807, 2.05) is 0 Å². The Balaban J connectivity index is 3.01. The molecule has 0 spiro atoms. The van der Waals surface area contributed by atoms with E-state index < -0.39 is 39.7 Å². The van der Waals surface area contributed by atoms with Gasteiger partial charge in [0.15, 0.2) is 0 Å². The third-order valence-corrected chi connectivity index (χ3v) is 4.31. The van der Waals surface area contributed by atoms with Gasteiger partial charge >= 0.3 is 6.18 Å². The van der Waals surface area contributed by atoms with E-state index in [1.54, 1.807) is 20.8 Å². The van der Waals surface area contributed by atoms with Crippen molar-refractivity contribution in [1.29, 1.82) is 0 Å². The van der Waals surface area contributed by atoms with Crippen LogP contribution < -0.4 is 4.72 Å². The molecule has 2 atom stereocenters. The first-order valence-corrected chi connectivity index (χ1v) is 7.12. The molecule has 1 N–H and O–H groups in total. The molecule has 0 aliphatic rings. The van der Waals surface area contributed by atoms with E-state index in [2.05, 4.69) is 4.72 Å². The van der Waals surface area contributed by atoms with Gasteiger partial charge in [-0.05, 0) is 45.9 Å². The van der Waals surface area contributed by atoms with Crippen molar-refractivity contribution in [1.82, 2.24) is 4.72 Å². The first-order chi connectivity index (χ1) is 8.93. The fraction of sp³-hybridized carbons (Fsp3) is 0.538. The number of rotatable bonds is 3. The number of hydrogen-bond donors (Lipinski definition) is 1. The van der Waals surface area contributed by atoms with Gasteiger partial charge < -0.3 is 4.55 Å². The van der Waals surface area contributed by atoms with Crippen LogP contribution in [0.1, 0.15) is 44.9 Å². The van der Waals surface area contributed by atoms with Crippen molar-refractivity contribution < 1.29 is 22.1 Å². The maximum absolute atomic E-state index is 13.6. The summed E-state index contributed by atoms with van der Waals surface area (Å²) in [6.45, 7) is 6.62. The second-order valence-corrected chi connectivity index (χ2v) is 7.45. The lowest BCUT2D eigenvalue weighted by molar-refractivity contribution is -0.137. The third-order valence-electron chi connectivity index (χ3n) is 2.63. The summed E-state index contributed by atoms with van der Waals surface area (Å²) in [5.41, 5.74) is -1.08. The molecule has 0 aliphatic heterocycles. The zero-order valence-electron chi connectivity index (χ0n) is 11.6. The van der Waals surface area contributed by atoms with Crippen molar-refractivity contribution in [2.24, 2.45) is 0 Å². The molecule has 1 rings (SSSR count). The molecule has 20 heavy (non-hydrogen) atoms. The van der Waals surface area contributed by atoms with Gasteiger partial charge in [-0.25, -0.2) is 4.39 Å². The Morgan fingerprint density at radius 1 is 1.20 bits per heavy atom. The minimum absolute atomic E-state index is 0.155. The molecule has 0 aliphatic carbocycles. The fourth-order valence-corrected chi connectivity index (χ4v) is 2.25. The molecule has 0 bridgehead atoms. The lowest BCUT2D eigenvalue weighted by atomic mass is 10.0. The van der Waals surface area contributed by atoms with Crippen LogP contribution in [0.4, 0.5) is 17.6 Å². The van der Waals surface area contributed by atoms with Crippen LogP contribution in [-0.4, -0.2) is 9.30 Å². The monoisotopic (exact) mass is 311 g/mol. The normalized spacial score (nSPS) is 16.1. The predicted molar refractivity (Wildman–Crippen MR) is 70.8 cm³/mol. The summed E-state index contributed by atoms with van der Waals surface area (Å²) in [4.78, 5) is 0. The van der Waals surface area contributed by atoms with Crippen LogP contribution in [0.15, 0.2) is 18.2 Å². The second kappa shape index (κ2) is 5.91. The van der Waals surface area contributed by atoms with Crippen LogP contribution in [0.25, 0.3) is 0 Å². The van der Waals surface area contributed by atoms with Gasteiger partial charge in [0, 0.05) is 16.9 Å². The Morgan fingerprint density at radius 2 is 1.75 bits per heavy atom. The van der Waals surface area contributed by atoms with Gasteiger partial charge in [0.1, 0.15) is 10.6 Å². The minimum Gasteiger partial charge on any atom is -0.598 e. The molecule has 1 aromatic rings. The van der Waals surface area contributed by atoms with E-state index in [4.69, 9.17) is 0 Å². The van der Waals surface area contributed by atoms with Gasteiger partial charge in [0.2, 0.25) is 0 Å². The molecule has 0 radical (unpaired) electrons. The van der Waals surface area contributed by atoms with Crippen molar-refractivity contribution in [2.45, 2.75) is 44.7 Å². The Morgan fingerprint density at radius 3 is 2.20 bits per heavy atom. The molecule has 0 fully saturated rings. The van der Waals surface area contributed by atoms with Gasteiger partial charge in [-0.3, -0.25) is 0 Å². The molecule has 114 valence electrons. The van der Waals surface area contributed by atoms with Gasteiger partial charge in [-0.1, -0.05) is 0 Å². The maximum atomic E-state index is 13.6. The Bertz CT molecular complexity index is 470. The molecule has 0 unspecified atom stereocenters. The standard InChI is InChI=1S/C13H17F4NOS/c1-8(18-20(19)12(2,3)4)10-7-9(13(15,16)17)5-6-11(10)14/h5-8,18H,1-4H3/t8-,20-/m0/s1. The summed E-state index contributed by atoms with van der Waals surface area (Å²) in [5.74, 6) is -0.760. The van der Waals surface area contributed by atoms with Gasteiger partial charge in [0.25, 0.3) is 0 Å². The quantitative estimate of drug-likeness (QED) is 0.677. The van der Waals surface area contributed by atoms with Crippen molar-refractivity contribution in [3.63, 3.8) is 0 Å². The van der Waals surface area contributed by atoms with Crippen LogP contribution in [-0.2, 0) is 17.5 Å². The highest BCUT2D eigenvalue weighted by Crippen LogP contribution is 2.32. The zero-order valence-corrected chi connectivity index (χ0v) is 12.5. The summed E-state index contributed by atoms with van der Waals surface area (Å²) in [6.07, 6.45) is -4.54. The van der Waals surface area contributed by atoms with Crippen LogP contribution in [0.3, 0.4) is 0 Å². The number of nitrogens with one attached hydrogen (secondary N) is 1. The highest BCUT2D eigenvalue weighted by molar-refractivity contribution is 7.90. The van der Waals surface area contributed by atoms with Gasteiger partial charge in [0.05, 0.1) is 11.6 Å². The predicted octanol–water partition coefficient (Wildman–Crippen LogP) is 3.96. The molecule has 0 aromatic heterocycles. The van der Waals surface area contributed by atoms with E-state index >= 15 is 0 Å². The summed E-state index contributed by atoms with van der Waals surface area (Å²) in [7, 11) is 0. The van der Waals surface area contributed by atoms with Crippen molar-refractivity contribution in [2.75, 3.05) is 0 Å². The molecule has 0 saturated carbocycles. The van der Waals surface area contributed by atoms with E-state index in [0.29, 0.717) is 6.07 Å². The van der Waals surface area contributed by atoms with Crippen LogP contribution in [0.2, 0.25) is 0 Å². The molecular weight excluding hydrogens is 294 g/mol. The SMILES string of the molecule is C[C@H](N[S@@+]([O-])C(C)(C)C)c1cc(C(F)(F)F)ccc1F. The summed E-state index contributed by atoms with van der Waals surface area (Å²) in [6, 6.07) is 1.41. The molecule has 1 aromatic carbocycles. The summed E-state index contributed by atoms with van der Waals surface area (Å²) >= 11 is -1.50. The maximum Gasteiger partial charge on any atom is 0.416 e. The first kappa shape index (κ1) is 17.3. The number of alkyl halides is 3. The molecule has 0 amide bonds. The smallest absolute Gasteiger partial charge is 0.416 e. The van der Waals surface area contributed by atoms with Crippen molar-refractivity contribution in [3.8, 4) is 0 Å². The Hall–Kier alpha value is -0.790. The molecule has 0 heterocycles. The van der Waals surface area contributed by atoms with Gasteiger partial charge in [-0.15, -0.1) is 4.72 Å². The number of halogens is 4. The van der Waals surface area contributed by atoms with Crippen LogP contribution >= 0.6 is 0 Å². The molecular formula is C13H17F4NOS. The highest BCUT2D eigenvalue weighted by atomic mass is 32.2. The van der Waals surface area contributed by atoms with Crippen LogP contribution in [0.5, 0.6) is 0 Å². The topological polar surface area (TPSA) is 35.1 Å². The lowest BCUT2D eigenvalue weighted by Gasteiger charge is -2.27. The number of benzene rings is 1. The van der Waals surface area contributed by atoms with Crippen molar-refractivity contribution in [3.05, 3.63) is 35.1 Å². The molecule has 7 heteroatoms. The Kier molecular flexibility index (Phi) is 5.10. The van der Waals surface area contributed by atoms with E-state index in [0.717, 1.165) is 12.1 Å². The average Bonchev–Trinajstić information content (AvgIpc) is 2.26. The fourth-order valence-electron chi connectivity index (χ4n) is 1.45. The zero-order chi connectivity index (χ0) is 15.7. The third kappa shape index (κ3) is 4.36. The lowest BCUT2D eigenvalue weighted by Crippen LogP contribution is -2.40. The summed E-state index contributed by atoms with van der Waals surface area (Å²) < 4.78 is 65.4. The Labute approximate surface area is 118 Å². The molecule has 0 saturated heterocycles. The highest BCUT2D eigenvalue weighted by Gasteiger charge is 2.33. The minimum atomic E-state index is -4.54. The largest absolute Gasteiger partial charge is 0.598 e. The summed E-state index contributed by atoms with van der Waals surface area (Å²) in [5, 5.41) is 0. The first-order valence-electron chi connectivity index (χ1n) is 5.97. The van der Waals surface area contributed by atoms with E-state index in [9.17, 15) is 22.1 Å². The van der Waals surface area contributed by atoms with Gasteiger partial charge in [-0.2, -0.15) is 13.2 Å². The number of hydrogen-bond acceptors (Lipinski definition) is 2. The van der Waals surface area contributed by atoms with Crippen molar-refractivity contribution >= 4 is 11.4 Å². The van der Waals surface area contributed by atoms with Crippen LogP contribution in [0, 0.1) is 5.82 Å². The second-order valence-electron chi connectivity index (χ2n) is 5.45. The molecule has 2 nitrogen and oxygen atoms in total. The average molecular weight is 311 g/mol. The van der Waals surface area contributed by atoms with E-state index in [1.165, 1.54) is 6.92 Å². The van der Waals surface area contributed by atoms with E-state index in [-0.39, 0.29) is 5.56 Å².